The number of thiazole rings is 1. The predicted molar refractivity (Wildman–Crippen MR) is 128 cm³/mol. The summed E-state index contributed by atoms with van der Waals surface area (Å²) in [4.78, 5) is 6.97. The molecule has 176 valence electrons. The zero-order valence-corrected chi connectivity index (χ0v) is 20.6. The van der Waals surface area contributed by atoms with Gasteiger partial charge < -0.3 is 14.4 Å². The number of aromatic nitrogens is 1. The number of piperidine rings is 1. The number of benzene rings is 2. The summed E-state index contributed by atoms with van der Waals surface area (Å²) in [6.07, 6.45) is 1.50. The molecule has 1 aliphatic rings. The summed E-state index contributed by atoms with van der Waals surface area (Å²) in [5, 5.41) is 2.40. The van der Waals surface area contributed by atoms with E-state index >= 15 is 0 Å². The zero-order valence-electron chi connectivity index (χ0n) is 18.3. The molecule has 0 radical (unpaired) electrons. The number of rotatable bonds is 7. The van der Waals surface area contributed by atoms with Gasteiger partial charge in [-0.15, -0.1) is 11.3 Å². The van der Waals surface area contributed by atoms with Crippen LogP contribution in [-0.4, -0.2) is 46.0 Å². The summed E-state index contributed by atoms with van der Waals surface area (Å²) in [6, 6.07) is 9.52. The molecule has 6 nitrogen and oxygen atoms in total. The third-order valence-electron chi connectivity index (χ3n) is 5.74. The van der Waals surface area contributed by atoms with Crippen LogP contribution < -0.4 is 14.4 Å². The summed E-state index contributed by atoms with van der Waals surface area (Å²) < 4.78 is 50.7. The van der Waals surface area contributed by atoms with Crippen molar-refractivity contribution in [2.24, 2.45) is 0 Å². The third kappa shape index (κ3) is 5.10. The minimum Gasteiger partial charge on any atom is -0.497 e. The fourth-order valence-electron chi connectivity index (χ4n) is 3.93. The lowest BCUT2D eigenvalue weighted by Crippen LogP contribution is -2.39. The molecule has 1 aliphatic heterocycles. The molecule has 0 saturated carbocycles. The predicted octanol–water partition coefficient (Wildman–Crippen LogP) is 4.99. The molecule has 1 saturated heterocycles. The molecule has 0 aliphatic carbocycles. The molecular formula is C23H24ClFN2O4S2. The highest BCUT2D eigenvalue weighted by molar-refractivity contribution is 7.92. The lowest BCUT2D eigenvalue weighted by atomic mass is 10.1. The topological polar surface area (TPSA) is 68.7 Å². The largest absolute Gasteiger partial charge is 0.497 e. The highest BCUT2D eigenvalue weighted by atomic mass is 35.5. The van der Waals surface area contributed by atoms with Crippen molar-refractivity contribution in [2.75, 3.05) is 32.2 Å². The van der Waals surface area contributed by atoms with Gasteiger partial charge in [-0.05, 0) is 42.7 Å². The summed E-state index contributed by atoms with van der Waals surface area (Å²) >= 11 is 7.26. The lowest BCUT2D eigenvalue weighted by molar-refractivity contribution is 0.385. The van der Waals surface area contributed by atoms with Crippen LogP contribution in [0.1, 0.15) is 24.1 Å². The molecule has 4 rings (SSSR count). The van der Waals surface area contributed by atoms with Crippen molar-refractivity contribution in [2.45, 2.75) is 29.4 Å². The quantitative estimate of drug-likeness (QED) is 0.446. The van der Waals surface area contributed by atoms with Gasteiger partial charge in [0.2, 0.25) is 0 Å². The molecule has 10 heteroatoms. The lowest BCUT2D eigenvalue weighted by Gasteiger charge is -2.31. The standard InChI is InChI=1S/C23H24ClFN2O4S2/c1-30-17-4-6-22(21(13-17)31-2)33(28,29)18-7-9-27(10-8-18)23-26-16(14-32-23)11-15-3-5-19(24)20(25)12-15/h3-6,12-14,18H,7-11H2,1-2H3. The molecule has 0 amide bonds. The first-order chi connectivity index (χ1) is 15.8. The van der Waals surface area contributed by atoms with Crippen molar-refractivity contribution < 1.29 is 22.3 Å². The molecule has 2 aromatic carbocycles. The van der Waals surface area contributed by atoms with Gasteiger partial charge >= 0.3 is 0 Å². The van der Waals surface area contributed by atoms with E-state index in [1.54, 1.807) is 30.3 Å². The Labute approximate surface area is 201 Å². The van der Waals surface area contributed by atoms with E-state index in [9.17, 15) is 12.8 Å². The number of anilines is 1. The van der Waals surface area contributed by atoms with Gasteiger partial charge in [-0.1, -0.05) is 17.7 Å². The Balaban J connectivity index is 1.42. The maximum atomic E-state index is 13.7. The Morgan fingerprint density at radius 2 is 1.91 bits per heavy atom. The van der Waals surface area contributed by atoms with E-state index in [4.69, 9.17) is 21.1 Å². The van der Waals surface area contributed by atoms with Crippen LogP contribution in [0.5, 0.6) is 11.5 Å². The van der Waals surface area contributed by atoms with Crippen LogP contribution in [0.2, 0.25) is 5.02 Å². The van der Waals surface area contributed by atoms with Gasteiger partial charge in [0.25, 0.3) is 0 Å². The number of hydrogen-bond donors (Lipinski definition) is 0. The highest BCUT2D eigenvalue weighted by Gasteiger charge is 2.34. The number of methoxy groups -OCH3 is 2. The molecule has 33 heavy (non-hydrogen) atoms. The maximum Gasteiger partial charge on any atom is 0.185 e. The molecule has 0 atom stereocenters. The van der Waals surface area contributed by atoms with Crippen molar-refractivity contribution in [3.63, 3.8) is 0 Å². The Kier molecular flexibility index (Phi) is 7.11. The molecule has 0 spiro atoms. The van der Waals surface area contributed by atoms with E-state index in [1.807, 2.05) is 5.38 Å². The first-order valence-electron chi connectivity index (χ1n) is 10.4. The van der Waals surface area contributed by atoms with Crippen LogP contribution in [0.4, 0.5) is 9.52 Å². The number of halogens is 2. The van der Waals surface area contributed by atoms with E-state index in [-0.39, 0.29) is 9.92 Å². The van der Waals surface area contributed by atoms with Crippen LogP contribution in [0.15, 0.2) is 46.7 Å². The molecule has 0 unspecified atom stereocenters. The van der Waals surface area contributed by atoms with E-state index in [1.165, 1.54) is 31.6 Å². The van der Waals surface area contributed by atoms with Crippen molar-refractivity contribution in [1.29, 1.82) is 0 Å². The van der Waals surface area contributed by atoms with Crippen LogP contribution in [0, 0.1) is 5.82 Å². The molecule has 2 heterocycles. The van der Waals surface area contributed by atoms with E-state index in [2.05, 4.69) is 9.88 Å². The normalized spacial score (nSPS) is 15.0. The summed E-state index contributed by atoms with van der Waals surface area (Å²) in [6.45, 7) is 1.18. The van der Waals surface area contributed by atoms with Gasteiger partial charge in [0.1, 0.15) is 22.2 Å². The minimum absolute atomic E-state index is 0.0998. The van der Waals surface area contributed by atoms with Crippen molar-refractivity contribution in [3.05, 3.63) is 63.9 Å². The van der Waals surface area contributed by atoms with E-state index in [0.717, 1.165) is 16.4 Å². The van der Waals surface area contributed by atoms with Crippen molar-refractivity contribution in [1.82, 2.24) is 4.98 Å². The molecule has 0 N–H and O–H groups in total. The SMILES string of the molecule is COc1ccc(S(=O)(=O)C2CCN(c3nc(Cc4ccc(Cl)c(F)c4)cs3)CC2)c(OC)c1. The number of nitrogens with zero attached hydrogens (tertiary/aromatic N) is 2. The second-order valence-corrected chi connectivity index (χ2v) is 11.2. The minimum atomic E-state index is -3.55. The van der Waals surface area contributed by atoms with Gasteiger partial charge in [0.15, 0.2) is 15.0 Å². The van der Waals surface area contributed by atoms with E-state index < -0.39 is 20.9 Å². The Morgan fingerprint density at radius 1 is 1.15 bits per heavy atom. The monoisotopic (exact) mass is 510 g/mol. The Bertz CT molecular complexity index is 1240. The number of hydrogen-bond acceptors (Lipinski definition) is 7. The van der Waals surface area contributed by atoms with Gasteiger partial charge in [0, 0.05) is 31.0 Å². The van der Waals surface area contributed by atoms with Crippen LogP contribution in [0.25, 0.3) is 0 Å². The first-order valence-corrected chi connectivity index (χ1v) is 13.2. The average molecular weight is 511 g/mol. The molecule has 1 fully saturated rings. The zero-order chi connectivity index (χ0) is 23.6. The summed E-state index contributed by atoms with van der Waals surface area (Å²) in [5.74, 6) is 0.392. The smallest absolute Gasteiger partial charge is 0.185 e. The van der Waals surface area contributed by atoms with Crippen LogP contribution in [-0.2, 0) is 16.3 Å². The fraction of sp³-hybridized carbons (Fsp3) is 0.348. The Morgan fingerprint density at radius 3 is 2.58 bits per heavy atom. The molecular weight excluding hydrogens is 487 g/mol. The average Bonchev–Trinajstić information content (AvgIpc) is 3.29. The second-order valence-electron chi connectivity index (χ2n) is 7.79. The van der Waals surface area contributed by atoms with Gasteiger partial charge in [0.05, 0.1) is 30.2 Å². The maximum absolute atomic E-state index is 13.7. The van der Waals surface area contributed by atoms with Crippen molar-refractivity contribution >= 4 is 37.9 Å². The molecule has 3 aromatic rings. The van der Waals surface area contributed by atoms with Gasteiger partial charge in [-0.25, -0.2) is 17.8 Å². The van der Waals surface area contributed by atoms with E-state index in [0.29, 0.717) is 43.9 Å². The van der Waals surface area contributed by atoms with Gasteiger partial charge in [-0.2, -0.15) is 0 Å². The first kappa shape index (κ1) is 23.8. The summed E-state index contributed by atoms with van der Waals surface area (Å²) in [7, 11) is -0.572. The van der Waals surface area contributed by atoms with Gasteiger partial charge in [-0.3, -0.25) is 0 Å². The summed E-state index contributed by atoms with van der Waals surface area (Å²) in [5.41, 5.74) is 1.64. The van der Waals surface area contributed by atoms with Crippen LogP contribution in [0.3, 0.4) is 0 Å². The highest BCUT2D eigenvalue weighted by Crippen LogP contribution is 2.35. The van der Waals surface area contributed by atoms with Crippen LogP contribution >= 0.6 is 22.9 Å². The number of ether oxygens (including phenoxy) is 2. The molecule has 1 aromatic heterocycles. The second kappa shape index (κ2) is 9.87. The Hall–Kier alpha value is -2.36. The third-order valence-corrected chi connectivity index (χ3v) is 9.29. The van der Waals surface area contributed by atoms with Crippen molar-refractivity contribution in [3.8, 4) is 11.5 Å². The fourth-order valence-corrected chi connectivity index (χ4v) is 6.80. The molecule has 0 bridgehead atoms. The number of sulfone groups is 1.